The molecule has 0 aromatic heterocycles. The van der Waals surface area contributed by atoms with E-state index >= 15 is 0 Å². The van der Waals surface area contributed by atoms with E-state index in [0.29, 0.717) is 24.1 Å². The van der Waals surface area contributed by atoms with Crippen molar-refractivity contribution in [1.82, 2.24) is 9.80 Å². The summed E-state index contributed by atoms with van der Waals surface area (Å²) in [6.07, 6.45) is 2.02. The maximum Gasteiger partial charge on any atom is 0.262 e. The molecule has 136 valence electrons. The second-order valence-corrected chi connectivity index (χ2v) is 7.43. The topological polar surface area (TPSA) is 57.7 Å². The fourth-order valence-corrected chi connectivity index (χ4v) is 4.07. The summed E-state index contributed by atoms with van der Waals surface area (Å²) in [5.74, 6) is -0.243. The van der Waals surface area contributed by atoms with Crippen LogP contribution in [0.2, 0.25) is 0 Å². The Kier molecular flexibility index (Phi) is 4.81. The second-order valence-electron chi connectivity index (χ2n) is 6.42. The first kappa shape index (κ1) is 17.5. The van der Waals surface area contributed by atoms with Crippen molar-refractivity contribution in [3.63, 3.8) is 0 Å². The maximum absolute atomic E-state index is 13.3. The zero-order chi connectivity index (χ0) is 18.8. The molecule has 0 radical (unpaired) electrons. The maximum atomic E-state index is 13.3. The van der Waals surface area contributed by atoms with Gasteiger partial charge in [0.25, 0.3) is 11.8 Å². The molecule has 5 nitrogen and oxygen atoms in total. The SMILES string of the molecule is O=C(C(Cc1ccccc1)N1C(=O)c2ccccc2C1=O)N1C=CSCC1. The second kappa shape index (κ2) is 7.40. The van der Waals surface area contributed by atoms with Crippen LogP contribution in [0.15, 0.2) is 66.2 Å². The zero-order valence-corrected chi connectivity index (χ0v) is 15.4. The van der Waals surface area contributed by atoms with E-state index in [0.717, 1.165) is 16.2 Å². The highest BCUT2D eigenvalue weighted by atomic mass is 32.2. The van der Waals surface area contributed by atoms with Crippen LogP contribution in [-0.4, -0.2) is 45.9 Å². The lowest BCUT2D eigenvalue weighted by molar-refractivity contribution is -0.132. The number of fused-ring (bicyclic) bond motifs is 1. The Hall–Kier alpha value is -2.86. The molecule has 0 bridgehead atoms. The van der Waals surface area contributed by atoms with Gasteiger partial charge in [-0.15, -0.1) is 11.8 Å². The van der Waals surface area contributed by atoms with Gasteiger partial charge in [-0.05, 0) is 23.1 Å². The predicted octanol–water partition coefficient (Wildman–Crippen LogP) is 2.94. The molecule has 2 aromatic rings. The van der Waals surface area contributed by atoms with Crippen molar-refractivity contribution in [2.45, 2.75) is 12.5 Å². The molecule has 6 heteroatoms. The van der Waals surface area contributed by atoms with Gasteiger partial charge in [-0.3, -0.25) is 19.3 Å². The number of carbonyl (C=O) groups excluding carboxylic acids is 3. The summed E-state index contributed by atoms with van der Waals surface area (Å²) in [7, 11) is 0. The van der Waals surface area contributed by atoms with Crippen LogP contribution in [0.1, 0.15) is 26.3 Å². The molecule has 1 atom stereocenters. The molecule has 0 saturated heterocycles. The summed E-state index contributed by atoms with van der Waals surface area (Å²) in [6, 6.07) is 15.3. The van der Waals surface area contributed by atoms with Gasteiger partial charge in [-0.1, -0.05) is 42.5 Å². The Morgan fingerprint density at radius 3 is 2.19 bits per heavy atom. The van der Waals surface area contributed by atoms with Crippen molar-refractivity contribution < 1.29 is 14.4 Å². The molecule has 2 heterocycles. The molecule has 0 N–H and O–H groups in total. The molecule has 1 unspecified atom stereocenters. The van der Waals surface area contributed by atoms with Gasteiger partial charge >= 0.3 is 0 Å². The van der Waals surface area contributed by atoms with Gasteiger partial charge in [0.15, 0.2) is 0 Å². The molecule has 3 amide bonds. The summed E-state index contributed by atoms with van der Waals surface area (Å²) < 4.78 is 0. The molecular weight excluding hydrogens is 360 g/mol. The summed E-state index contributed by atoms with van der Waals surface area (Å²) >= 11 is 1.63. The Morgan fingerprint density at radius 1 is 0.963 bits per heavy atom. The number of nitrogens with zero attached hydrogens (tertiary/aromatic N) is 2. The van der Waals surface area contributed by atoms with Crippen LogP contribution in [0.4, 0.5) is 0 Å². The van der Waals surface area contributed by atoms with E-state index < -0.39 is 17.9 Å². The molecule has 0 aliphatic carbocycles. The van der Waals surface area contributed by atoms with Gasteiger partial charge < -0.3 is 4.90 Å². The third-order valence-corrected chi connectivity index (χ3v) is 5.50. The van der Waals surface area contributed by atoms with E-state index in [9.17, 15) is 14.4 Å². The highest BCUT2D eigenvalue weighted by Gasteiger charge is 2.43. The fraction of sp³-hybridized carbons (Fsp3) is 0.190. The van der Waals surface area contributed by atoms with Gasteiger partial charge in [-0.2, -0.15) is 0 Å². The lowest BCUT2D eigenvalue weighted by atomic mass is 10.0. The molecule has 4 rings (SSSR count). The average molecular weight is 378 g/mol. The highest BCUT2D eigenvalue weighted by Crippen LogP contribution is 2.27. The Bertz CT molecular complexity index is 891. The minimum atomic E-state index is -0.868. The number of benzene rings is 2. The lowest BCUT2D eigenvalue weighted by Crippen LogP contribution is -2.51. The van der Waals surface area contributed by atoms with Crippen molar-refractivity contribution in [3.05, 3.63) is 82.9 Å². The number of carbonyl (C=O) groups is 3. The van der Waals surface area contributed by atoms with Crippen LogP contribution in [0, 0.1) is 0 Å². The minimum absolute atomic E-state index is 0.232. The normalized spacial score (nSPS) is 17.2. The first-order valence-electron chi connectivity index (χ1n) is 8.76. The molecular formula is C21H18N2O3S. The smallest absolute Gasteiger partial charge is 0.262 e. The first-order valence-corrected chi connectivity index (χ1v) is 9.81. The highest BCUT2D eigenvalue weighted by molar-refractivity contribution is 8.02. The van der Waals surface area contributed by atoms with E-state index in [2.05, 4.69) is 0 Å². The van der Waals surface area contributed by atoms with Crippen LogP contribution >= 0.6 is 11.8 Å². The summed E-state index contributed by atoms with van der Waals surface area (Å²) in [6.45, 7) is 0.564. The fourth-order valence-electron chi connectivity index (χ4n) is 3.40. The number of hydrogen-bond donors (Lipinski definition) is 0. The van der Waals surface area contributed by atoms with Crippen molar-refractivity contribution in [3.8, 4) is 0 Å². The van der Waals surface area contributed by atoms with E-state index in [1.807, 2.05) is 35.7 Å². The van der Waals surface area contributed by atoms with Crippen LogP contribution in [-0.2, 0) is 11.2 Å². The van der Waals surface area contributed by atoms with Crippen molar-refractivity contribution >= 4 is 29.5 Å². The Labute approximate surface area is 161 Å². The number of rotatable bonds is 4. The number of amides is 3. The molecule has 27 heavy (non-hydrogen) atoms. The number of hydrogen-bond acceptors (Lipinski definition) is 4. The standard InChI is InChI=1S/C21H18N2O3S/c24-19-16-8-4-5-9-17(16)20(25)23(19)18(14-15-6-2-1-3-7-15)21(26)22-10-12-27-13-11-22/h1-10,12,18H,11,13-14H2. The molecule has 0 fully saturated rings. The van der Waals surface area contributed by atoms with Crippen LogP contribution < -0.4 is 0 Å². The Balaban J connectivity index is 1.71. The van der Waals surface area contributed by atoms with Crippen LogP contribution in [0.3, 0.4) is 0 Å². The van der Waals surface area contributed by atoms with E-state index in [1.165, 1.54) is 0 Å². The molecule has 2 aliphatic rings. The van der Waals surface area contributed by atoms with Crippen molar-refractivity contribution in [1.29, 1.82) is 0 Å². The predicted molar refractivity (Wildman–Crippen MR) is 104 cm³/mol. The third-order valence-electron chi connectivity index (χ3n) is 4.76. The van der Waals surface area contributed by atoms with E-state index in [4.69, 9.17) is 0 Å². The van der Waals surface area contributed by atoms with Gasteiger partial charge in [0.1, 0.15) is 6.04 Å². The number of thioether (sulfide) groups is 1. The van der Waals surface area contributed by atoms with Gasteiger partial charge in [0, 0.05) is 24.9 Å². The van der Waals surface area contributed by atoms with Gasteiger partial charge in [0.05, 0.1) is 11.1 Å². The van der Waals surface area contributed by atoms with Crippen molar-refractivity contribution in [2.75, 3.05) is 12.3 Å². The lowest BCUT2D eigenvalue weighted by Gasteiger charge is -2.31. The first-order chi connectivity index (χ1) is 13.2. The quantitative estimate of drug-likeness (QED) is 0.768. The van der Waals surface area contributed by atoms with Gasteiger partial charge in [-0.25, -0.2) is 0 Å². The zero-order valence-electron chi connectivity index (χ0n) is 14.6. The van der Waals surface area contributed by atoms with Crippen molar-refractivity contribution in [2.24, 2.45) is 0 Å². The molecule has 2 aliphatic heterocycles. The Morgan fingerprint density at radius 2 is 1.59 bits per heavy atom. The van der Waals surface area contributed by atoms with Crippen LogP contribution in [0.5, 0.6) is 0 Å². The number of imide groups is 1. The van der Waals surface area contributed by atoms with E-state index in [-0.39, 0.29) is 5.91 Å². The van der Waals surface area contributed by atoms with E-state index in [1.54, 1.807) is 47.1 Å². The summed E-state index contributed by atoms with van der Waals surface area (Å²) in [4.78, 5) is 41.9. The largest absolute Gasteiger partial charge is 0.316 e. The molecule has 2 aromatic carbocycles. The average Bonchev–Trinajstić information content (AvgIpc) is 2.98. The van der Waals surface area contributed by atoms with Crippen LogP contribution in [0.25, 0.3) is 0 Å². The molecule has 0 spiro atoms. The van der Waals surface area contributed by atoms with Gasteiger partial charge in [0.2, 0.25) is 5.91 Å². The monoisotopic (exact) mass is 378 g/mol. The minimum Gasteiger partial charge on any atom is -0.316 e. The summed E-state index contributed by atoms with van der Waals surface area (Å²) in [5.41, 5.74) is 1.62. The molecule has 0 saturated carbocycles. The third kappa shape index (κ3) is 3.28. The summed E-state index contributed by atoms with van der Waals surface area (Å²) in [5, 5.41) is 1.86.